The predicted octanol–water partition coefficient (Wildman–Crippen LogP) is 3.02. The maximum absolute atomic E-state index is 13.1. The lowest BCUT2D eigenvalue weighted by Crippen LogP contribution is -2.53. The Hall–Kier alpha value is -3.12. The van der Waals surface area contributed by atoms with E-state index in [1.807, 2.05) is 74.9 Å². The minimum atomic E-state index is -0.250. The molecule has 2 aromatic carbocycles. The number of hydrogen-bond donors (Lipinski definition) is 0. The molecule has 0 N–H and O–H groups in total. The number of aromatic nitrogens is 1. The molecule has 6 heteroatoms. The number of hydrogen-bond acceptors (Lipinski definition) is 4. The summed E-state index contributed by atoms with van der Waals surface area (Å²) in [5.41, 5.74) is 2.71. The Kier molecular flexibility index (Phi) is 5.86. The SMILES string of the molecule is CN(C)CCn1cc(C(=O)N2CC(C(=O)OCc3ccccc3)C2)c2ccccc21. The second kappa shape index (κ2) is 8.71. The van der Waals surface area contributed by atoms with Crippen molar-refractivity contribution >= 4 is 22.8 Å². The number of benzene rings is 2. The van der Waals surface area contributed by atoms with Crippen molar-refractivity contribution in [2.24, 2.45) is 5.92 Å². The van der Waals surface area contributed by atoms with E-state index in [2.05, 4.69) is 9.47 Å². The van der Waals surface area contributed by atoms with Gasteiger partial charge < -0.3 is 19.1 Å². The smallest absolute Gasteiger partial charge is 0.312 e. The number of esters is 1. The first kappa shape index (κ1) is 20.2. The van der Waals surface area contributed by atoms with Crippen LogP contribution in [0, 0.1) is 5.92 Å². The number of ether oxygens (including phenoxy) is 1. The van der Waals surface area contributed by atoms with Crippen molar-refractivity contribution < 1.29 is 14.3 Å². The van der Waals surface area contributed by atoms with Crippen LogP contribution in [0.2, 0.25) is 0 Å². The molecule has 1 aliphatic heterocycles. The van der Waals surface area contributed by atoms with Gasteiger partial charge in [-0.1, -0.05) is 48.5 Å². The minimum Gasteiger partial charge on any atom is -0.460 e. The van der Waals surface area contributed by atoms with Crippen molar-refractivity contribution in [1.82, 2.24) is 14.4 Å². The first-order valence-corrected chi connectivity index (χ1v) is 10.3. The van der Waals surface area contributed by atoms with Crippen LogP contribution in [-0.4, -0.2) is 60.0 Å². The van der Waals surface area contributed by atoms with Gasteiger partial charge in [0.25, 0.3) is 5.91 Å². The Morgan fingerprint density at radius 3 is 2.47 bits per heavy atom. The maximum atomic E-state index is 13.1. The fourth-order valence-corrected chi connectivity index (χ4v) is 3.72. The number of carbonyl (C=O) groups is 2. The highest BCUT2D eigenvalue weighted by molar-refractivity contribution is 6.07. The van der Waals surface area contributed by atoms with Gasteiger partial charge in [-0.05, 0) is 25.7 Å². The van der Waals surface area contributed by atoms with E-state index in [9.17, 15) is 9.59 Å². The molecule has 30 heavy (non-hydrogen) atoms. The zero-order valence-electron chi connectivity index (χ0n) is 17.5. The molecule has 156 valence electrons. The van der Waals surface area contributed by atoms with E-state index in [-0.39, 0.29) is 24.4 Å². The molecule has 1 saturated heterocycles. The van der Waals surface area contributed by atoms with E-state index in [4.69, 9.17) is 4.74 Å². The molecule has 0 radical (unpaired) electrons. The largest absolute Gasteiger partial charge is 0.460 e. The Labute approximate surface area is 176 Å². The molecule has 4 rings (SSSR count). The standard InChI is InChI=1S/C24H27N3O3/c1-25(2)12-13-26-16-21(20-10-6-7-11-22(20)26)23(28)27-14-19(15-27)24(29)30-17-18-8-4-3-5-9-18/h3-11,16,19H,12-15,17H2,1-2H3. The molecular formula is C24H27N3O3. The van der Waals surface area contributed by atoms with Gasteiger partial charge in [0.15, 0.2) is 0 Å². The first-order valence-electron chi connectivity index (χ1n) is 10.3. The van der Waals surface area contributed by atoms with Crippen molar-refractivity contribution in [3.05, 3.63) is 71.9 Å². The van der Waals surface area contributed by atoms with Crippen LogP contribution in [0.3, 0.4) is 0 Å². The molecule has 1 aromatic heterocycles. The predicted molar refractivity (Wildman–Crippen MR) is 116 cm³/mol. The molecule has 1 amide bonds. The van der Waals surface area contributed by atoms with Crippen LogP contribution in [0.15, 0.2) is 60.8 Å². The zero-order valence-corrected chi connectivity index (χ0v) is 17.5. The van der Waals surface area contributed by atoms with Gasteiger partial charge >= 0.3 is 5.97 Å². The molecule has 0 atom stereocenters. The summed E-state index contributed by atoms with van der Waals surface area (Å²) in [5.74, 6) is -0.516. The molecule has 0 saturated carbocycles. The van der Waals surface area contributed by atoms with E-state index in [1.165, 1.54) is 0 Å². The highest BCUT2D eigenvalue weighted by Gasteiger charge is 2.38. The van der Waals surface area contributed by atoms with E-state index in [0.717, 1.165) is 29.6 Å². The molecule has 6 nitrogen and oxygen atoms in total. The van der Waals surface area contributed by atoms with E-state index < -0.39 is 0 Å². The maximum Gasteiger partial charge on any atom is 0.312 e. The third-order valence-corrected chi connectivity index (χ3v) is 5.53. The summed E-state index contributed by atoms with van der Waals surface area (Å²) in [7, 11) is 4.07. The van der Waals surface area contributed by atoms with Gasteiger partial charge in [-0.15, -0.1) is 0 Å². The second-order valence-corrected chi connectivity index (χ2v) is 8.06. The van der Waals surface area contributed by atoms with Crippen LogP contribution in [0.4, 0.5) is 0 Å². The van der Waals surface area contributed by atoms with Gasteiger partial charge in [-0.2, -0.15) is 0 Å². The molecule has 2 heterocycles. The average Bonchev–Trinajstić information content (AvgIpc) is 3.09. The van der Waals surface area contributed by atoms with Crippen LogP contribution in [0.25, 0.3) is 10.9 Å². The summed E-state index contributed by atoms with van der Waals surface area (Å²) in [4.78, 5) is 29.2. The molecule has 0 spiro atoms. The van der Waals surface area contributed by atoms with Crippen LogP contribution in [0.5, 0.6) is 0 Å². The van der Waals surface area contributed by atoms with E-state index in [1.54, 1.807) is 4.90 Å². The molecule has 1 fully saturated rings. The van der Waals surface area contributed by atoms with Crippen LogP contribution in [-0.2, 0) is 22.7 Å². The summed E-state index contributed by atoms with van der Waals surface area (Å²) < 4.78 is 7.54. The van der Waals surface area contributed by atoms with Gasteiger partial charge in [-0.3, -0.25) is 9.59 Å². The van der Waals surface area contributed by atoms with E-state index >= 15 is 0 Å². The number of amides is 1. The number of nitrogens with zero attached hydrogens (tertiary/aromatic N) is 3. The first-order chi connectivity index (χ1) is 14.5. The summed E-state index contributed by atoms with van der Waals surface area (Å²) >= 11 is 0. The van der Waals surface area contributed by atoms with Gasteiger partial charge in [-0.25, -0.2) is 0 Å². The number of likely N-dealkylation sites (tertiary alicyclic amines) is 1. The van der Waals surface area contributed by atoms with Crippen LogP contribution < -0.4 is 0 Å². The van der Waals surface area contributed by atoms with Gasteiger partial charge in [0.2, 0.25) is 0 Å². The Morgan fingerprint density at radius 2 is 1.73 bits per heavy atom. The summed E-state index contributed by atoms with van der Waals surface area (Å²) in [6.07, 6.45) is 1.94. The third kappa shape index (κ3) is 4.24. The molecule has 3 aromatic rings. The van der Waals surface area contributed by atoms with Crippen molar-refractivity contribution in [2.75, 3.05) is 33.7 Å². The summed E-state index contributed by atoms with van der Waals surface area (Å²) in [5, 5.41) is 0.955. The molecular weight excluding hydrogens is 378 g/mol. The van der Waals surface area contributed by atoms with Crippen LogP contribution in [0.1, 0.15) is 15.9 Å². The fraction of sp³-hybridized carbons (Fsp3) is 0.333. The molecule has 0 unspecified atom stereocenters. The molecule has 0 bridgehead atoms. The van der Waals surface area contributed by atoms with Gasteiger partial charge in [0.1, 0.15) is 6.61 Å². The number of carbonyl (C=O) groups excluding carboxylic acids is 2. The fourth-order valence-electron chi connectivity index (χ4n) is 3.72. The highest BCUT2D eigenvalue weighted by Crippen LogP contribution is 2.26. The monoisotopic (exact) mass is 405 g/mol. The second-order valence-electron chi connectivity index (χ2n) is 8.06. The molecule has 0 aliphatic carbocycles. The number of rotatable bonds is 7. The lowest BCUT2D eigenvalue weighted by Gasteiger charge is -2.37. The third-order valence-electron chi connectivity index (χ3n) is 5.53. The summed E-state index contributed by atoms with van der Waals surface area (Å²) in [6.45, 7) is 2.79. The lowest BCUT2D eigenvalue weighted by atomic mass is 9.99. The van der Waals surface area contributed by atoms with Crippen molar-refractivity contribution in [3.8, 4) is 0 Å². The Bertz CT molecular complexity index is 1040. The highest BCUT2D eigenvalue weighted by atomic mass is 16.5. The van der Waals surface area contributed by atoms with Crippen LogP contribution >= 0.6 is 0 Å². The van der Waals surface area contributed by atoms with Crippen molar-refractivity contribution in [1.29, 1.82) is 0 Å². The minimum absolute atomic E-state index is 0.0260. The van der Waals surface area contributed by atoms with Gasteiger partial charge in [0.05, 0.1) is 11.5 Å². The normalized spacial score (nSPS) is 14.2. The Morgan fingerprint density at radius 1 is 1.03 bits per heavy atom. The van der Waals surface area contributed by atoms with E-state index in [0.29, 0.717) is 18.7 Å². The number of fused-ring (bicyclic) bond motifs is 1. The van der Waals surface area contributed by atoms with Gasteiger partial charge in [0, 0.05) is 43.3 Å². The lowest BCUT2D eigenvalue weighted by molar-refractivity contribution is -0.154. The number of likely N-dealkylation sites (N-methyl/N-ethyl adjacent to an activating group) is 1. The Balaban J connectivity index is 1.39. The average molecular weight is 405 g/mol. The number of para-hydroxylation sites is 1. The zero-order chi connectivity index (χ0) is 21.1. The topological polar surface area (TPSA) is 54.8 Å². The molecule has 1 aliphatic rings. The summed E-state index contributed by atoms with van der Waals surface area (Å²) in [6, 6.07) is 17.6. The van der Waals surface area contributed by atoms with Crippen molar-refractivity contribution in [2.45, 2.75) is 13.2 Å². The quantitative estimate of drug-likeness (QED) is 0.567. The van der Waals surface area contributed by atoms with Crippen molar-refractivity contribution in [3.63, 3.8) is 0 Å².